The lowest BCUT2D eigenvalue weighted by Gasteiger charge is -2.15. The minimum Gasteiger partial charge on any atom is -1.00 e. The molecule has 21 heavy (non-hydrogen) atoms. The maximum atomic E-state index is 11.7. The zero-order valence-electron chi connectivity index (χ0n) is 12.9. The zero-order chi connectivity index (χ0) is 14.8. The second-order valence-electron chi connectivity index (χ2n) is 4.40. The van der Waals surface area contributed by atoms with Crippen LogP contribution in [0.5, 0.6) is 5.75 Å². The van der Waals surface area contributed by atoms with Gasteiger partial charge < -0.3 is 26.8 Å². The number of hydrogen-bond donors (Lipinski definition) is 2. The predicted molar refractivity (Wildman–Crippen MR) is 79.5 cm³/mol. The zero-order valence-corrected chi connectivity index (χ0v) is 13.7. The van der Waals surface area contributed by atoms with Crippen molar-refractivity contribution in [2.75, 3.05) is 38.2 Å². The molecule has 2 N–H and O–H groups in total. The molecule has 0 bridgehead atoms. The number of carbonyl (C=O) groups is 1. The molecule has 0 aromatic heterocycles. The van der Waals surface area contributed by atoms with Gasteiger partial charge in [-0.2, -0.15) is 0 Å². The average Bonchev–Trinajstić information content (AvgIpc) is 2.46. The number of likely N-dealkylation sites (N-methyl/N-ethyl adjacent to an activating group) is 1. The fourth-order valence-corrected chi connectivity index (χ4v) is 1.89. The molecule has 0 aliphatic carbocycles. The molecular weight excluding hydrogens is 292 g/mol. The van der Waals surface area contributed by atoms with Crippen LogP contribution in [0.1, 0.15) is 20.8 Å². The SMILES string of the molecule is CCOc1ccccc1NC(=O)OCC[NH+](CC)CC.[Cl-]. The van der Waals surface area contributed by atoms with Crippen LogP contribution in [0.3, 0.4) is 0 Å². The number of hydrogen-bond acceptors (Lipinski definition) is 3. The Kier molecular flexibility index (Phi) is 10.4. The van der Waals surface area contributed by atoms with Gasteiger partial charge in [0.25, 0.3) is 0 Å². The van der Waals surface area contributed by atoms with E-state index in [0.717, 1.165) is 19.6 Å². The third-order valence-corrected chi connectivity index (χ3v) is 3.11. The third kappa shape index (κ3) is 7.20. The second-order valence-corrected chi connectivity index (χ2v) is 4.40. The Hall–Kier alpha value is -1.46. The van der Waals surface area contributed by atoms with Gasteiger partial charge in [-0.15, -0.1) is 0 Å². The maximum Gasteiger partial charge on any atom is 0.411 e. The molecule has 0 unspecified atom stereocenters. The predicted octanol–water partition coefficient (Wildman–Crippen LogP) is -1.44. The van der Waals surface area contributed by atoms with Crippen LogP contribution in [0.15, 0.2) is 24.3 Å². The van der Waals surface area contributed by atoms with E-state index in [1.807, 2.05) is 25.1 Å². The molecule has 1 aromatic carbocycles. The highest BCUT2D eigenvalue weighted by Gasteiger charge is 2.09. The Morgan fingerprint density at radius 1 is 1.19 bits per heavy atom. The van der Waals surface area contributed by atoms with Crippen molar-refractivity contribution in [3.63, 3.8) is 0 Å². The highest BCUT2D eigenvalue weighted by molar-refractivity contribution is 5.86. The summed E-state index contributed by atoms with van der Waals surface area (Å²) in [7, 11) is 0. The lowest BCUT2D eigenvalue weighted by molar-refractivity contribution is -0.896. The third-order valence-electron chi connectivity index (χ3n) is 3.11. The molecule has 0 saturated heterocycles. The van der Waals surface area contributed by atoms with Crippen LogP contribution in [0, 0.1) is 0 Å². The van der Waals surface area contributed by atoms with Gasteiger partial charge in [0, 0.05) is 0 Å². The molecule has 120 valence electrons. The van der Waals surface area contributed by atoms with E-state index in [1.165, 1.54) is 4.90 Å². The fourth-order valence-electron chi connectivity index (χ4n) is 1.89. The molecule has 0 aliphatic rings. The van der Waals surface area contributed by atoms with Gasteiger partial charge in [0.1, 0.15) is 18.9 Å². The standard InChI is InChI=1S/C15H24N2O3.ClH/c1-4-17(5-2)11-12-20-15(18)16-13-9-7-8-10-14(13)19-6-3;/h7-10H,4-6,11-12H2,1-3H3,(H,16,18);1H. The van der Waals surface area contributed by atoms with Crippen molar-refractivity contribution < 1.29 is 31.6 Å². The van der Waals surface area contributed by atoms with Crippen LogP contribution in [0.2, 0.25) is 0 Å². The number of para-hydroxylation sites is 2. The Labute approximate surface area is 133 Å². The largest absolute Gasteiger partial charge is 1.00 e. The summed E-state index contributed by atoms with van der Waals surface area (Å²) in [5.41, 5.74) is 0.634. The molecule has 0 radical (unpaired) electrons. The summed E-state index contributed by atoms with van der Waals surface area (Å²) in [5.74, 6) is 0.654. The van der Waals surface area contributed by atoms with E-state index in [1.54, 1.807) is 6.07 Å². The topological polar surface area (TPSA) is 52.0 Å². The first-order valence-corrected chi connectivity index (χ1v) is 7.20. The lowest BCUT2D eigenvalue weighted by atomic mass is 10.3. The molecule has 0 fully saturated rings. The van der Waals surface area contributed by atoms with Crippen LogP contribution in [0.4, 0.5) is 10.5 Å². The lowest BCUT2D eigenvalue weighted by Crippen LogP contribution is -3.11. The van der Waals surface area contributed by atoms with Crippen LogP contribution in [-0.4, -0.2) is 38.9 Å². The summed E-state index contributed by atoms with van der Waals surface area (Å²) in [6, 6.07) is 7.32. The van der Waals surface area contributed by atoms with Crippen molar-refractivity contribution in [2.45, 2.75) is 20.8 Å². The van der Waals surface area contributed by atoms with Crippen LogP contribution in [0.25, 0.3) is 0 Å². The number of quaternary nitrogens is 1. The molecule has 1 rings (SSSR count). The van der Waals surface area contributed by atoms with E-state index in [9.17, 15) is 4.79 Å². The molecule has 0 spiro atoms. The fraction of sp³-hybridized carbons (Fsp3) is 0.533. The quantitative estimate of drug-likeness (QED) is 0.618. The van der Waals surface area contributed by atoms with Gasteiger partial charge in [-0.25, -0.2) is 4.79 Å². The minimum absolute atomic E-state index is 0. The molecule has 0 aliphatic heterocycles. The number of ether oxygens (including phenoxy) is 2. The van der Waals surface area contributed by atoms with Gasteiger partial charge in [0.2, 0.25) is 0 Å². The summed E-state index contributed by atoms with van der Waals surface area (Å²) < 4.78 is 10.6. The highest BCUT2D eigenvalue weighted by Crippen LogP contribution is 2.23. The number of carbonyl (C=O) groups excluding carboxylic acids is 1. The number of anilines is 1. The van der Waals surface area contributed by atoms with E-state index in [4.69, 9.17) is 9.47 Å². The molecule has 5 nitrogen and oxygen atoms in total. The minimum atomic E-state index is -0.441. The van der Waals surface area contributed by atoms with Crippen LogP contribution >= 0.6 is 0 Å². The summed E-state index contributed by atoms with van der Waals surface area (Å²) >= 11 is 0. The number of nitrogens with one attached hydrogen (secondary N) is 2. The number of amides is 1. The van der Waals surface area contributed by atoms with Gasteiger partial charge in [-0.05, 0) is 32.9 Å². The normalized spacial score (nSPS) is 9.90. The van der Waals surface area contributed by atoms with E-state index in [2.05, 4.69) is 19.2 Å². The number of halogens is 1. The first kappa shape index (κ1) is 19.5. The van der Waals surface area contributed by atoms with Gasteiger partial charge in [-0.1, -0.05) is 12.1 Å². The van der Waals surface area contributed by atoms with Gasteiger partial charge in [0.05, 0.1) is 25.4 Å². The van der Waals surface area contributed by atoms with E-state index >= 15 is 0 Å². The van der Waals surface area contributed by atoms with Gasteiger partial charge >= 0.3 is 6.09 Å². The van der Waals surface area contributed by atoms with Crippen LogP contribution in [-0.2, 0) is 4.74 Å². The smallest absolute Gasteiger partial charge is 0.411 e. The van der Waals surface area contributed by atoms with Gasteiger partial charge in [-0.3, -0.25) is 5.32 Å². The van der Waals surface area contributed by atoms with E-state index in [0.29, 0.717) is 24.7 Å². The molecule has 0 saturated carbocycles. The van der Waals surface area contributed by atoms with E-state index in [-0.39, 0.29) is 12.4 Å². The van der Waals surface area contributed by atoms with Crippen molar-refractivity contribution in [3.8, 4) is 5.75 Å². The molecule has 1 aromatic rings. The summed E-state index contributed by atoms with van der Waals surface area (Å²) in [6.45, 7) is 10.0. The van der Waals surface area contributed by atoms with Crippen molar-refractivity contribution in [1.29, 1.82) is 0 Å². The monoisotopic (exact) mass is 316 g/mol. The van der Waals surface area contributed by atoms with Crippen LogP contribution < -0.4 is 27.4 Å². The Bertz CT molecular complexity index is 412. The average molecular weight is 317 g/mol. The second kappa shape index (κ2) is 11.2. The first-order valence-electron chi connectivity index (χ1n) is 7.20. The van der Waals surface area contributed by atoms with Crippen molar-refractivity contribution in [1.82, 2.24) is 0 Å². The Morgan fingerprint density at radius 3 is 2.48 bits per heavy atom. The van der Waals surface area contributed by atoms with E-state index < -0.39 is 6.09 Å². The first-order chi connectivity index (χ1) is 9.71. The summed E-state index contributed by atoms with van der Waals surface area (Å²) in [4.78, 5) is 13.1. The Balaban J connectivity index is 0.00000400. The van der Waals surface area contributed by atoms with Gasteiger partial charge in [0.15, 0.2) is 0 Å². The molecule has 6 heteroatoms. The molecule has 1 amide bonds. The molecule has 0 heterocycles. The number of rotatable bonds is 8. The van der Waals surface area contributed by atoms with Crippen molar-refractivity contribution >= 4 is 11.8 Å². The Morgan fingerprint density at radius 2 is 1.86 bits per heavy atom. The van der Waals surface area contributed by atoms with Crippen molar-refractivity contribution in [3.05, 3.63) is 24.3 Å². The molecule has 0 atom stereocenters. The maximum absolute atomic E-state index is 11.7. The highest BCUT2D eigenvalue weighted by atomic mass is 35.5. The number of benzene rings is 1. The summed E-state index contributed by atoms with van der Waals surface area (Å²) in [6.07, 6.45) is -0.441. The summed E-state index contributed by atoms with van der Waals surface area (Å²) in [5, 5.41) is 2.71. The molecular formula is C15H25ClN2O3. The van der Waals surface area contributed by atoms with Crippen molar-refractivity contribution in [2.24, 2.45) is 0 Å².